The maximum absolute atomic E-state index is 12.1. The molecule has 0 unspecified atom stereocenters. The maximum atomic E-state index is 12.1. The van der Waals surface area contributed by atoms with Gasteiger partial charge in [-0.1, -0.05) is 0 Å². The minimum absolute atomic E-state index is 0.00697. The monoisotopic (exact) mass is 422 g/mol. The summed E-state index contributed by atoms with van der Waals surface area (Å²) in [6.07, 6.45) is 0. The molecule has 1 rings (SSSR count). The summed E-state index contributed by atoms with van der Waals surface area (Å²) in [5.41, 5.74) is -0.582. The average Bonchev–Trinajstić information content (AvgIpc) is 2.66. The first-order valence-electron chi connectivity index (χ1n) is 8.13. The Morgan fingerprint density at radius 3 is 1.54 bits per heavy atom. The Morgan fingerprint density at radius 2 is 1.18 bits per heavy atom. The van der Waals surface area contributed by atoms with Gasteiger partial charge in [0.05, 0.1) is 55.7 Å². The fourth-order valence-electron chi connectivity index (χ4n) is 1.87. The zero-order valence-corrected chi connectivity index (χ0v) is 15.7. The molecule has 12 heteroatoms. The minimum atomic E-state index is -4.70. The highest BCUT2D eigenvalue weighted by molar-refractivity contribution is 7.85. The Bertz CT molecular complexity index is 701. The molecule has 0 aliphatic heterocycles. The number of benzene rings is 1. The molecule has 0 radical (unpaired) electrons. The van der Waals surface area contributed by atoms with Gasteiger partial charge in [-0.25, -0.2) is 9.59 Å². The van der Waals surface area contributed by atoms with E-state index in [4.69, 9.17) is 29.2 Å². The van der Waals surface area contributed by atoms with Crippen molar-refractivity contribution in [3.63, 3.8) is 0 Å². The number of aliphatic hydroxyl groups excluding tert-OH is 2. The molecule has 28 heavy (non-hydrogen) atoms. The third kappa shape index (κ3) is 8.73. The van der Waals surface area contributed by atoms with Gasteiger partial charge >= 0.3 is 11.9 Å². The van der Waals surface area contributed by atoms with Crippen molar-refractivity contribution in [2.75, 3.05) is 52.9 Å². The topological polar surface area (TPSA) is 166 Å². The van der Waals surface area contributed by atoms with E-state index >= 15 is 0 Å². The number of carbonyl (C=O) groups excluding carboxylic acids is 2. The van der Waals surface area contributed by atoms with Crippen LogP contribution in [0.2, 0.25) is 0 Å². The summed E-state index contributed by atoms with van der Waals surface area (Å²) < 4.78 is 51.7. The van der Waals surface area contributed by atoms with Crippen LogP contribution in [0.25, 0.3) is 0 Å². The highest BCUT2D eigenvalue weighted by Crippen LogP contribution is 2.17. The number of rotatable bonds is 13. The van der Waals surface area contributed by atoms with Crippen LogP contribution >= 0.6 is 0 Å². The smallest absolute Gasteiger partial charge is 0.338 e. The van der Waals surface area contributed by atoms with E-state index in [9.17, 15) is 22.6 Å². The molecule has 0 amide bonds. The van der Waals surface area contributed by atoms with E-state index in [1.54, 1.807) is 0 Å². The van der Waals surface area contributed by atoms with Crippen molar-refractivity contribution in [3.05, 3.63) is 29.3 Å². The molecular weight excluding hydrogens is 400 g/mol. The fraction of sp³-hybridized carbons (Fsp3) is 0.500. The van der Waals surface area contributed by atoms with E-state index in [0.29, 0.717) is 0 Å². The predicted molar refractivity (Wildman–Crippen MR) is 92.6 cm³/mol. The van der Waals surface area contributed by atoms with Gasteiger partial charge < -0.3 is 29.2 Å². The van der Waals surface area contributed by atoms with Crippen molar-refractivity contribution in [2.45, 2.75) is 4.90 Å². The van der Waals surface area contributed by atoms with E-state index in [1.165, 1.54) is 0 Å². The average molecular weight is 422 g/mol. The van der Waals surface area contributed by atoms with Gasteiger partial charge in [-0.2, -0.15) is 8.42 Å². The Kier molecular flexibility index (Phi) is 10.6. The molecule has 0 atom stereocenters. The van der Waals surface area contributed by atoms with E-state index in [-0.39, 0.29) is 64.0 Å². The molecule has 11 nitrogen and oxygen atoms in total. The second kappa shape index (κ2) is 12.4. The first kappa shape index (κ1) is 23.9. The van der Waals surface area contributed by atoms with Crippen molar-refractivity contribution >= 4 is 22.1 Å². The molecule has 0 aliphatic carbocycles. The molecule has 1 aromatic rings. The van der Waals surface area contributed by atoms with E-state index < -0.39 is 27.0 Å². The van der Waals surface area contributed by atoms with Crippen molar-refractivity contribution in [1.82, 2.24) is 0 Å². The summed E-state index contributed by atoms with van der Waals surface area (Å²) in [4.78, 5) is 23.4. The van der Waals surface area contributed by atoms with Crippen molar-refractivity contribution in [1.29, 1.82) is 0 Å². The van der Waals surface area contributed by atoms with Crippen molar-refractivity contribution in [2.24, 2.45) is 0 Å². The van der Waals surface area contributed by atoms with Crippen LogP contribution in [0, 0.1) is 0 Å². The largest absolute Gasteiger partial charge is 0.460 e. The lowest BCUT2D eigenvalue weighted by molar-refractivity contribution is 0.0255. The molecule has 0 fully saturated rings. The second-order valence-electron chi connectivity index (χ2n) is 5.16. The number of aliphatic hydroxyl groups is 2. The van der Waals surface area contributed by atoms with Gasteiger partial charge in [0.15, 0.2) is 0 Å². The molecule has 1 aromatic carbocycles. The van der Waals surface area contributed by atoms with Crippen LogP contribution in [0.5, 0.6) is 0 Å². The van der Waals surface area contributed by atoms with Gasteiger partial charge in [0, 0.05) is 0 Å². The standard InChI is InChI=1S/C16H22O11S/c17-1-3-24-5-7-26-15(19)12-9-13(11-14(10-12)28(21,22)23)16(20)27-8-6-25-4-2-18/h9-11,17-18H,1-8H2,(H,21,22,23). The molecule has 0 saturated heterocycles. The normalized spacial score (nSPS) is 11.2. The molecule has 3 N–H and O–H groups in total. The number of ether oxygens (including phenoxy) is 4. The SMILES string of the molecule is O=C(OCCOCCO)c1cc(C(=O)OCCOCCO)cc(S(=O)(=O)O)c1. The lowest BCUT2D eigenvalue weighted by Crippen LogP contribution is -2.16. The lowest BCUT2D eigenvalue weighted by atomic mass is 10.1. The molecule has 0 aliphatic rings. The fourth-order valence-corrected chi connectivity index (χ4v) is 2.42. The maximum Gasteiger partial charge on any atom is 0.338 e. The van der Waals surface area contributed by atoms with Crippen LogP contribution in [-0.2, 0) is 29.1 Å². The minimum Gasteiger partial charge on any atom is -0.460 e. The van der Waals surface area contributed by atoms with Gasteiger partial charge in [-0.3, -0.25) is 4.55 Å². The van der Waals surface area contributed by atoms with Crippen LogP contribution in [-0.4, -0.2) is 88.0 Å². The number of esters is 2. The summed E-state index contributed by atoms with van der Waals surface area (Å²) in [5.74, 6) is -1.89. The Balaban J connectivity index is 2.85. The van der Waals surface area contributed by atoms with Gasteiger partial charge in [-0.15, -0.1) is 0 Å². The molecule has 0 bridgehead atoms. The van der Waals surface area contributed by atoms with Crippen LogP contribution in [0.4, 0.5) is 0 Å². The van der Waals surface area contributed by atoms with Crippen LogP contribution in [0.15, 0.2) is 23.1 Å². The molecule has 0 saturated carbocycles. The number of hydrogen-bond donors (Lipinski definition) is 3. The van der Waals surface area contributed by atoms with Crippen LogP contribution in [0.3, 0.4) is 0 Å². The van der Waals surface area contributed by atoms with Gasteiger partial charge in [0.25, 0.3) is 10.1 Å². The summed E-state index contributed by atoms with van der Waals surface area (Å²) in [5, 5.41) is 17.1. The zero-order chi connectivity index (χ0) is 21.0. The number of hydrogen-bond acceptors (Lipinski definition) is 10. The van der Waals surface area contributed by atoms with Crippen LogP contribution < -0.4 is 0 Å². The van der Waals surface area contributed by atoms with Gasteiger partial charge in [0.2, 0.25) is 0 Å². The predicted octanol–water partition coefficient (Wildman–Crippen LogP) is -0.735. The van der Waals surface area contributed by atoms with Gasteiger partial charge in [0.1, 0.15) is 13.2 Å². The highest BCUT2D eigenvalue weighted by Gasteiger charge is 2.20. The highest BCUT2D eigenvalue weighted by atomic mass is 32.2. The molecule has 0 heterocycles. The van der Waals surface area contributed by atoms with Crippen molar-refractivity contribution < 1.29 is 51.7 Å². The summed E-state index contributed by atoms with van der Waals surface area (Å²) >= 11 is 0. The Labute approximate surface area is 161 Å². The number of carbonyl (C=O) groups is 2. The third-order valence-electron chi connectivity index (χ3n) is 3.07. The van der Waals surface area contributed by atoms with Gasteiger partial charge in [-0.05, 0) is 18.2 Å². The Hall–Kier alpha value is -2.09. The Morgan fingerprint density at radius 1 is 0.750 bits per heavy atom. The third-order valence-corrected chi connectivity index (χ3v) is 3.90. The molecular formula is C16H22O11S. The van der Waals surface area contributed by atoms with E-state index in [0.717, 1.165) is 18.2 Å². The van der Waals surface area contributed by atoms with Crippen LogP contribution in [0.1, 0.15) is 20.7 Å². The second-order valence-corrected chi connectivity index (χ2v) is 6.59. The first-order valence-corrected chi connectivity index (χ1v) is 9.57. The summed E-state index contributed by atoms with van der Waals surface area (Å²) in [7, 11) is -4.70. The summed E-state index contributed by atoms with van der Waals surface area (Å²) in [6, 6.07) is 2.77. The molecule has 0 aromatic heterocycles. The quantitative estimate of drug-likeness (QED) is 0.208. The van der Waals surface area contributed by atoms with E-state index in [2.05, 4.69) is 0 Å². The lowest BCUT2D eigenvalue weighted by Gasteiger charge is -2.09. The zero-order valence-electron chi connectivity index (χ0n) is 14.9. The van der Waals surface area contributed by atoms with E-state index in [1.807, 2.05) is 0 Å². The molecule has 0 spiro atoms. The summed E-state index contributed by atoms with van der Waals surface area (Å²) in [6.45, 7) is -0.586. The first-order chi connectivity index (χ1) is 13.3. The molecule has 158 valence electrons. The van der Waals surface area contributed by atoms with Crippen molar-refractivity contribution in [3.8, 4) is 0 Å².